The molecule has 108 valence electrons. The second-order valence-corrected chi connectivity index (χ2v) is 5.33. The van der Waals surface area contributed by atoms with Crippen molar-refractivity contribution in [1.82, 2.24) is 0 Å². The van der Waals surface area contributed by atoms with Gasteiger partial charge >= 0.3 is 5.97 Å². The number of nitrogens with one attached hydrogen (secondary N) is 1. The van der Waals surface area contributed by atoms with E-state index in [4.69, 9.17) is 16.7 Å². The quantitative estimate of drug-likeness (QED) is 0.612. The first-order valence-corrected chi connectivity index (χ1v) is 6.79. The van der Waals surface area contributed by atoms with Gasteiger partial charge in [-0.15, -0.1) is 0 Å². The summed E-state index contributed by atoms with van der Waals surface area (Å²) in [6.07, 6.45) is 0. The summed E-state index contributed by atoms with van der Waals surface area (Å²) in [5, 5.41) is 23.3. The number of hydrogen-bond acceptors (Lipinski definition) is 4. The van der Waals surface area contributed by atoms with Gasteiger partial charge in [-0.2, -0.15) is 0 Å². The van der Waals surface area contributed by atoms with E-state index in [-0.39, 0.29) is 16.9 Å². The van der Waals surface area contributed by atoms with Crippen molar-refractivity contribution in [2.45, 2.75) is 0 Å². The number of rotatable bonds is 4. The van der Waals surface area contributed by atoms with Crippen molar-refractivity contribution in [3.8, 4) is 0 Å². The second kappa shape index (κ2) is 6.11. The Morgan fingerprint density at radius 2 is 1.95 bits per heavy atom. The number of aromatic carboxylic acids is 1. The molecule has 21 heavy (non-hydrogen) atoms. The van der Waals surface area contributed by atoms with E-state index < -0.39 is 10.9 Å². The first-order valence-electron chi connectivity index (χ1n) is 5.62. The first kappa shape index (κ1) is 15.3. The monoisotopic (exact) mass is 370 g/mol. The maximum atomic E-state index is 11.0. The molecule has 0 spiro atoms. The van der Waals surface area contributed by atoms with Crippen LogP contribution in [0.2, 0.25) is 5.02 Å². The van der Waals surface area contributed by atoms with Crippen molar-refractivity contribution in [3.05, 3.63) is 61.6 Å². The van der Waals surface area contributed by atoms with Crippen molar-refractivity contribution in [3.63, 3.8) is 0 Å². The van der Waals surface area contributed by atoms with Crippen LogP contribution in [0.4, 0.5) is 17.1 Å². The molecule has 2 N–H and O–H groups in total. The molecule has 0 amide bonds. The van der Waals surface area contributed by atoms with Crippen molar-refractivity contribution in [2.75, 3.05) is 5.32 Å². The summed E-state index contributed by atoms with van der Waals surface area (Å²) in [5.74, 6) is -1.16. The number of anilines is 2. The summed E-state index contributed by atoms with van der Waals surface area (Å²) in [4.78, 5) is 21.4. The van der Waals surface area contributed by atoms with Crippen LogP contribution in [0.15, 0.2) is 40.9 Å². The van der Waals surface area contributed by atoms with Crippen LogP contribution in [0.3, 0.4) is 0 Å². The Hall–Kier alpha value is -2.12. The van der Waals surface area contributed by atoms with Gasteiger partial charge in [0.2, 0.25) is 0 Å². The fourth-order valence-corrected chi connectivity index (χ4v) is 2.45. The van der Waals surface area contributed by atoms with Gasteiger partial charge in [0, 0.05) is 15.6 Å². The molecule has 0 unspecified atom stereocenters. The smallest absolute Gasteiger partial charge is 0.335 e. The Morgan fingerprint density at radius 1 is 1.24 bits per heavy atom. The molecular weight excluding hydrogens is 364 g/mol. The van der Waals surface area contributed by atoms with E-state index in [1.807, 2.05) is 0 Å². The first-order chi connectivity index (χ1) is 9.88. The molecular formula is C13H8BrClN2O4. The number of hydrogen-bond donors (Lipinski definition) is 2. The third-order valence-electron chi connectivity index (χ3n) is 2.64. The van der Waals surface area contributed by atoms with Crippen LogP contribution < -0.4 is 5.32 Å². The lowest BCUT2D eigenvalue weighted by Crippen LogP contribution is -2.02. The number of nitro groups is 1. The van der Waals surface area contributed by atoms with E-state index in [9.17, 15) is 14.9 Å². The van der Waals surface area contributed by atoms with E-state index >= 15 is 0 Å². The molecule has 0 aliphatic heterocycles. The third kappa shape index (κ3) is 3.50. The molecule has 0 atom stereocenters. The zero-order chi connectivity index (χ0) is 15.6. The molecule has 0 aliphatic rings. The lowest BCUT2D eigenvalue weighted by atomic mass is 10.1. The Kier molecular flexibility index (Phi) is 4.44. The SMILES string of the molecule is O=C(O)c1ccc([N+](=O)[O-])c(Nc2ccc(Cl)cc2Br)c1. The summed E-state index contributed by atoms with van der Waals surface area (Å²) in [6, 6.07) is 8.40. The highest BCUT2D eigenvalue weighted by Gasteiger charge is 2.17. The zero-order valence-electron chi connectivity index (χ0n) is 10.3. The molecule has 0 radical (unpaired) electrons. The number of carbonyl (C=O) groups is 1. The van der Waals surface area contributed by atoms with Gasteiger partial charge in [0.25, 0.3) is 5.69 Å². The lowest BCUT2D eigenvalue weighted by molar-refractivity contribution is -0.383. The zero-order valence-corrected chi connectivity index (χ0v) is 12.7. The molecule has 6 nitrogen and oxygen atoms in total. The Morgan fingerprint density at radius 3 is 2.52 bits per heavy atom. The maximum Gasteiger partial charge on any atom is 0.335 e. The average molecular weight is 372 g/mol. The van der Waals surface area contributed by atoms with E-state index in [0.29, 0.717) is 15.2 Å². The summed E-state index contributed by atoms with van der Waals surface area (Å²) in [5.41, 5.74) is 0.350. The molecule has 2 rings (SSSR count). The highest BCUT2D eigenvalue weighted by molar-refractivity contribution is 9.10. The van der Waals surface area contributed by atoms with Gasteiger partial charge in [0.15, 0.2) is 0 Å². The highest BCUT2D eigenvalue weighted by Crippen LogP contribution is 2.33. The molecule has 0 bridgehead atoms. The van der Waals surface area contributed by atoms with Gasteiger partial charge in [0.1, 0.15) is 5.69 Å². The number of carboxylic acid groups (broad SMARTS) is 1. The van der Waals surface area contributed by atoms with Gasteiger partial charge in [-0.25, -0.2) is 4.79 Å². The van der Waals surface area contributed by atoms with Gasteiger partial charge < -0.3 is 10.4 Å². The molecule has 0 saturated heterocycles. The largest absolute Gasteiger partial charge is 0.478 e. The minimum absolute atomic E-state index is 0.0480. The van der Waals surface area contributed by atoms with Crippen molar-refractivity contribution in [2.24, 2.45) is 0 Å². The fourth-order valence-electron chi connectivity index (χ4n) is 1.66. The summed E-state index contributed by atoms with van der Waals surface area (Å²) >= 11 is 9.11. The molecule has 0 heterocycles. The molecule has 0 saturated carbocycles. The van der Waals surface area contributed by atoms with Crippen molar-refractivity contribution >= 4 is 50.6 Å². The summed E-state index contributed by atoms with van der Waals surface area (Å²) in [7, 11) is 0. The number of nitrogens with zero attached hydrogens (tertiary/aromatic N) is 1. The van der Waals surface area contributed by atoms with E-state index in [0.717, 1.165) is 6.07 Å². The Labute approximate surface area is 132 Å². The van der Waals surface area contributed by atoms with E-state index in [2.05, 4.69) is 21.2 Å². The molecule has 0 aliphatic carbocycles. The number of carboxylic acids is 1. The summed E-state index contributed by atoms with van der Waals surface area (Å²) < 4.78 is 0.602. The predicted molar refractivity (Wildman–Crippen MR) is 82.5 cm³/mol. The normalized spacial score (nSPS) is 10.2. The van der Waals surface area contributed by atoms with Crippen LogP contribution in [0.5, 0.6) is 0 Å². The van der Waals surface area contributed by atoms with Crippen LogP contribution in [0.25, 0.3) is 0 Å². The fraction of sp³-hybridized carbons (Fsp3) is 0. The third-order valence-corrected chi connectivity index (χ3v) is 3.53. The van der Waals surface area contributed by atoms with Gasteiger partial charge in [-0.1, -0.05) is 11.6 Å². The van der Waals surface area contributed by atoms with E-state index in [1.54, 1.807) is 18.2 Å². The number of benzene rings is 2. The Balaban J connectivity index is 2.48. The van der Waals surface area contributed by atoms with Crippen LogP contribution in [-0.2, 0) is 0 Å². The minimum Gasteiger partial charge on any atom is -0.478 e. The minimum atomic E-state index is -1.16. The molecule has 8 heteroatoms. The van der Waals surface area contributed by atoms with Crippen LogP contribution in [-0.4, -0.2) is 16.0 Å². The second-order valence-electron chi connectivity index (χ2n) is 4.04. The van der Waals surface area contributed by atoms with Gasteiger partial charge in [-0.05, 0) is 46.3 Å². The van der Waals surface area contributed by atoms with Crippen LogP contribution in [0.1, 0.15) is 10.4 Å². The average Bonchev–Trinajstić information content (AvgIpc) is 2.41. The van der Waals surface area contributed by atoms with E-state index in [1.165, 1.54) is 12.1 Å². The van der Waals surface area contributed by atoms with Crippen molar-refractivity contribution in [1.29, 1.82) is 0 Å². The van der Waals surface area contributed by atoms with Gasteiger partial charge in [0.05, 0.1) is 16.2 Å². The predicted octanol–water partition coefficient (Wildman–Crippen LogP) is 4.45. The molecule has 0 aromatic heterocycles. The molecule has 2 aromatic rings. The maximum absolute atomic E-state index is 11.0. The molecule has 0 fully saturated rings. The summed E-state index contributed by atoms with van der Waals surface area (Å²) in [6.45, 7) is 0. The number of halogens is 2. The number of nitro benzene ring substituents is 1. The van der Waals surface area contributed by atoms with Gasteiger partial charge in [-0.3, -0.25) is 10.1 Å². The van der Waals surface area contributed by atoms with Crippen molar-refractivity contribution < 1.29 is 14.8 Å². The molecule has 2 aromatic carbocycles. The van der Waals surface area contributed by atoms with Crippen LogP contribution >= 0.6 is 27.5 Å². The lowest BCUT2D eigenvalue weighted by Gasteiger charge is -2.10. The Bertz CT molecular complexity index is 736. The highest BCUT2D eigenvalue weighted by atomic mass is 79.9. The standard InChI is InChI=1S/C13H8BrClN2O4/c14-9-6-8(15)2-3-10(9)16-11-5-7(13(18)19)1-4-12(11)17(20)21/h1-6,16H,(H,18,19). The van der Waals surface area contributed by atoms with Crippen LogP contribution in [0, 0.1) is 10.1 Å². The topological polar surface area (TPSA) is 92.5 Å².